The number of rotatable bonds is 3. The van der Waals surface area contributed by atoms with Crippen molar-refractivity contribution >= 4 is 40.0 Å². The number of halogens is 2. The number of fused-ring (bicyclic) bond motifs is 1. The van der Waals surface area contributed by atoms with E-state index in [-0.39, 0.29) is 5.91 Å². The molecule has 31 heavy (non-hydrogen) atoms. The number of aryl methyl sites for hydroxylation is 2. The zero-order valence-electron chi connectivity index (χ0n) is 18.0. The number of nitrogens with zero attached hydrogens (tertiary/aromatic N) is 3. The molecule has 4 nitrogen and oxygen atoms in total. The van der Waals surface area contributed by atoms with Crippen molar-refractivity contribution in [2.45, 2.75) is 33.1 Å². The van der Waals surface area contributed by atoms with Gasteiger partial charge in [0.1, 0.15) is 0 Å². The predicted molar refractivity (Wildman–Crippen MR) is 126 cm³/mol. The molecule has 1 saturated heterocycles. The molecule has 0 bridgehead atoms. The monoisotopic (exact) mass is 453 g/mol. The van der Waals surface area contributed by atoms with Crippen LogP contribution >= 0.6 is 23.2 Å². The molecule has 0 N–H and O–H groups in total. The van der Waals surface area contributed by atoms with Crippen LogP contribution in [0.15, 0.2) is 30.3 Å². The van der Waals surface area contributed by atoms with Gasteiger partial charge in [0.25, 0.3) is 5.91 Å². The molecule has 4 rings (SSSR count). The maximum Gasteiger partial charge on any atom is 0.255 e. The Bertz CT molecular complexity index is 1210. The van der Waals surface area contributed by atoms with E-state index < -0.39 is 0 Å². The van der Waals surface area contributed by atoms with E-state index in [2.05, 4.69) is 23.6 Å². The first kappa shape index (κ1) is 21.7. The summed E-state index contributed by atoms with van der Waals surface area (Å²) >= 11 is 13.3. The van der Waals surface area contributed by atoms with E-state index in [9.17, 15) is 10.1 Å². The lowest BCUT2D eigenvalue weighted by molar-refractivity contribution is 0.0697. The Morgan fingerprint density at radius 3 is 2.58 bits per heavy atom. The second-order valence-electron chi connectivity index (χ2n) is 8.57. The predicted octanol–water partition coefficient (Wildman–Crippen LogP) is 6.13. The van der Waals surface area contributed by atoms with Crippen molar-refractivity contribution in [3.05, 3.63) is 68.3 Å². The molecule has 1 fully saturated rings. The molecule has 0 saturated carbocycles. The van der Waals surface area contributed by atoms with E-state index >= 15 is 0 Å². The van der Waals surface area contributed by atoms with E-state index in [4.69, 9.17) is 23.2 Å². The van der Waals surface area contributed by atoms with Crippen LogP contribution < -0.4 is 0 Å². The highest BCUT2D eigenvalue weighted by Crippen LogP contribution is 2.33. The van der Waals surface area contributed by atoms with Gasteiger partial charge in [-0.3, -0.25) is 4.79 Å². The third-order valence-electron chi connectivity index (χ3n) is 6.44. The van der Waals surface area contributed by atoms with Gasteiger partial charge in [0.05, 0.1) is 22.2 Å². The summed E-state index contributed by atoms with van der Waals surface area (Å²) in [5, 5.41) is 11.4. The highest BCUT2D eigenvalue weighted by atomic mass is 35.5. The molecule has 0 aliphatic carbocycles. The molecular weight excluding hydrogens is 429 g/mol. The van der Waals surface area contributed by atoms with E-state index in [0.717, 1.165) is 53.7 Å². The van der Waals surface area contributed by atoms with E-state index in [1.54, 1.807) is 12.1 Å². The van der Waals surface area contributed by atoms with Gasteiger partial charge in [-0.1, -0.05) is 30.1 Å². The van der Waals surface area contributed by atoms with Crippen LogP contribution in [0.2, 0.25) is 10.0 Å². The number of amides is 1. The van der Waals surface area contributed by atoms with Crippen LogP contribution in [0.5, 0.6) is 0 Å². The molecule has 0 radical (unpaired) electrons. The molecule has 0 spiro atoms. The number of nitriles is 1. The SMILES string of the molecule is Cc1cc(C#N)cc2c1cc(Cc1c(Cl)ccc(C(=O)N3CCC(C)CC3)c1Cl)n2C. The van der Waals surface area contributed by atoms with Gasteiger partial charge in [0, 0.05) is 48.2 Å². The van der Waals surface area contributed by atoms with Gasteiger partial charge in [-0.25, -0.2) is 0 Å². The summed E-state index contributed by atoms with van der Waals surface area (Å²) in [5.41, 5.74) is 4.97. The second kappa shape index (κ2) is 8.57. The van der Waals surface area contributed by atoms with Crippen molar-refractivity contribution in [2.75, 3.05) is 13.1 Å². The van der Waals surface area contributed by atoms with Crippen molar-refractivity contribution in [1.29, 1.82) is 5.26 Å². The first-order valence-corrected chi connectivity index (χ1v) is 11.3. The maximum absolute atomic E-state index is 13.1. The van der Waals surface area contributed by atoms with Gasteiger partial charge >= 0.3 is 0 Å². The van der Waals surface area contributed by atoms with Crippen molar-refractivity contribution in [3.63, 3.8) is 0 Å². The Kier molecular flexibility index (Phi) is 6.01. The summed E-state index contributed by atoms with van der Waals surface area (Å²) in [6.07, 6.45) is 2.54. The molecule has 6 heteroatoms. The van der Waals surface area contributed by atoms with Crippen LogP contribution in [0.4, 0.5) is 0 Å². The zero-order valence-corrected chi connectivity index (χ0v) is 19.5. The Balaban J connectivity index is 1.70. The lowest BCUT2D eigenvalue weighted by atomic mass is 9.98. The molecule has 0 unspecified atom stereocenters. The van der Waals surface area contributed by atoms with Gasteiger partial charge in [-0.2, -0.15) is 5.26 Å². The number of hydrogen-bond donors (Lipinski definition) is 0. The number of likely N-dealkylation sites (tertiary alicyclic amines) is 1. The topological polar surface area (TPSA) is 49.0 Å². The smallest absolute Gasteiger partial charge is 0.255 e. The molecule has 160 valence electrons. The fraction of sp³-hybridized carbons (Fsp3) is 0.360. The van der Waals surface area contributed by atoms with Crippen molar-refractivity contribution in [3.8, 4) is 6.07 Å². The first-order valence-electron chi connectivity index (χ1n) is 10.5. The average Bonchev–Trinajstić information content (AvgIpc) is 3.07. The molecule has 2 heterocycles. The molecule has 1 aromatic heterocycles. The number of carbonyl (C=O) groups excluding carboxylic acids is 1. The fourth-order valence-electron chi connectivity index (χ4n) is 4.39. The Hall–Kier alpha value is -2.48. The molecule has 1 aliphatic rings. The fourth-order valence-corrected chi connectivity index (χ4v) is 4.97. The normalized spacial score (nSPS) is 14.8. The minimum atomic E-state index is -0.0265. The van der Waals surface area contributed by atoms with E-state index in [0.29, 0.717) is 33.5 Å². The van der Waals surface area contributed by atoms with Crippen LogP contribution in [0.1, 0.15) is 52.5 Å². The molecular formula is C25H25Cl2N3O. The Morgan fingerprint density at radius 1 is 1.19 bits per heavy atom. The van der Waals surface area contributed by atoms with Crippen LogP contribution in [-0.2, 0) is 13.5 Å². The molecule has 0 atom stereocenters. The maximum atomic E-state index is 13.1. The summed E-state index contributed by atoms with van der Waals surface area (Å²) in [6, 6.07) is 11.6. The van der Waals surface area contributed by atoms with Gasteiger partial charge < -0.3 is 9.47 Å². The number of carbonyl (C=O) groups is 1. The van der Waals surface area contributed by atoms with Gasteiger partial charge in [-0.15, -0.1) is 0 Å². The van der Waals surface area contributed by atoms with Crippen LogP contribution in [0.25, 0.3) is 10.9 Å². The van der Waals surface area contributed by atoms with Crippen molar-refractivity contribution < 1.29 is 4.79 Å². The number of piperidine rings is 1. The number of hydrogen-bond acceptors (Lipinski definition) is 2. The lowest BCUT2D eigenvalue weighted by Gasteiger charge is -2.30. The molecule has 3 aromatic rings. The molecule has 1 aliphatic heterocycles. The van der Waals surface area contributed by atoms with E-state index in [1.165, 1.54) is 0 Å². The quantitative estimate of drug-likeness (QED) is 0.478. The van der Waals surface area contributed by atoms with Crippen LogP contribution in [0.3, 0.4) is 0 Å². The van der Waals surface area contributed by atoms with Crippen LogP contribution in [0, 0.1) is 24.2 Å². The highest BCUT2D eigenvalue weighted by Gasteiger charge is 2.25. The highest BCUT2D eigenvalue weighted by molar-refractivity contribution is 6.38. The van der Waals surface area contributed by atoms with Crippen LogP contribution in [-0.4, -0.2) is 28.5 Å². The summed E-state index contributed by atoms with van der Waals surface area (Å²) in [7, 11) is 1.98. The zero-order chi connectivity index (χ0) is 22.3. The summed E-state index contributed by atoms with van der Waals surface area (Å²) < 4.78 is 2.07. The standard InChI is InChI=1S/C25H25Cl2N3O/c1-15-6-8-30(9-7-15)25(31)19-4-5-22(26)21(24(19)27)13-18-12-20-16(2)10-17(14-28)11-23(20)29(18)3/h4-5,10-12,15H,6-9,13H2,1-3H3. The number of benzene rings is 2. The second-order valence-corrected chi connectivity index (χ2v) is 9.36. The first-order chi connectivity index (χ1) is 14.8. The molecule has 1 amide bonds. The lowest BCUT2D eigenvalue weighted by Crippen LogP contribution is -2.38. The molecule has 2 aromatic carbocycles. The number of aromatic nitrogens is 1. The average molecular weight is 454 g/mol. The van der Waals surface area contributed by atoms with E-state index in [1.807, 2.05) is 31.0 Å². The van der Waals surface area contributed by atoms with Gasteiger partial charge in [-0.05, 0) is 67.1 Å². The minimum absolute atomic E-state index is 0.0265. The third kappa shape index (κ3) is 4.05. The van der Waals surface area contributed by atoms with Gasteiger partial charge in [0.15, 0.2) is 0 Å². The Labute approximate surface area is 193 Å². The summed E-state index contributed by atoms with van der Waals surface area (Å²) in [6.45, 7) is 5.75. The summed E-state index contributed by atoms with van der Waals surface area (Å²) in [5.74, 6) is 0.623. The van der Waals surface area contributed by atoms with Crippen molar-refractivity contribution in [1.82, 2.24) is 9.47 Å². The minimum Gasteiger partial charge on any atom is -0.347 e. The Morgan fingerprint density at radius 2 is 1.90 bits per heavy atom. The van der Waals surface area contributed by atoms with Crippen molar-refractivity contribution in [2.24, 2.45) is 13.0 Å². The largest absolute Gasteiger partial charge is 0.347 e. The van der Waals surface area contributed by atoms with Gasteiger partial charge in [0.2, 0.25) is 0 Å². The summed E-state index contributed by atoms with van der Waals surface area (Å²) in [4.78, 5) is 15.0. The third-order valence-corrected chi connectivity index (χ3v) is 7.23.